The molecule has 0 radical (unpaired) electrons. The minimum atomic E-state index is -1.03. The number of aliphatic hydroxyl groups excluding tert-OH is 2. The highest BCUT2D eigenvalue weighted by atomic mass is 31.1. The Morgan fingerprint density at radius 2 is 1.77 bits per heavy atom. The lowest BCUT2D eigenvalue weighted by Gasteiger charge is -2.24. The summed E-state index contributed by atoms with van der Waals surface area (Å²) in [6, 6.07) is 0. The number of hydrogen-bond donors (Lipinski definition) is 2. The van der Waals surface area contributed by atoms with Crippen molar-refractivity contribution in [1.29, 1.82) is 0 Å². The fourth-order valence-electron chi connectivity index (χ4n) is 1.70. The first-order chi connectivity index (χ1) is 10.3. The number of allylic oxidation sites excluding steroid dienone is 2. The highest BCUT2D eigenvalue weighted by molar-refractivity contribution is 7.77. The molecule has 0 fully saturated rings. The number of carbonyl (C=O) groups excluding carboxylic acids is 2. The molecule has 0 saturated carbocycles. The van der Waals surface area contributed by atoms with Crippen molar-refractivity contribution in [3.63, 3.8) is 0 Å². The molecule has 0 aliphatic heterocycles. The van der Waals surface area contributed by atoms with Crippen LogP contribution in [0.15, 0.2) is 11.6 Å². The average molecular weight is 332 g/mol. The average Bonchev–Trinajstić information content (AvgIpc) is 2.48. The lowest BCUT2D eigenvalue weighted by molar-refractivity contribution is -0.129. The van der Waals surface area contributed by atoms with Crippen LogP contribution in [0.2, 0.25) is 0 Å². The highest BCUT2D eigenvalue weighted by Gasteiger charge is 2.25. The van der Waals surface area contributed by atoms with Gasteiger partial charge < -0.3 is 14.9 Å². The van der Waals surface area contributed by atoms with Crippen LogP contribution in [0.4, 0.5) is 0 Å². The van der Waals surface area contributed by atoms with Crippen LogP contribution in [0.3, 0.4) is 0 Å². The maximum atomic E-state index is 12.2. The van der Waals surface area contributed by atoms with E-state index in [1.807, 2.05) is 6.92 Å². The third-order valence-corrected chi connectivity index (χ3v) is 5.64. The van der Waals surface area contributed by atoms with Crippen molar-refractivity contribution in [2.75, 3.05) is 38.8 Å². The number of aliphatic hydroxyl groups is 2. The first-order valence-corrected chi connectivity index (χ1v) is 9.28. The van der Waals surface area contributed by atoms with E-state index < -0.39 is 19.1 Å². The second-order valence-corrected chi connectivity index (χ2v) is 8.44. The summed E-state index contributed by atoms with van der Waals surface area (Å²) < 4.78 is 5.49. The predicted molar refractivity (Wildman–Crippen MR) is 89.5 cm³/mol. The molecule has 6 heteroatoms. The molecule has 0 aromatic heterocycles. The molecular weight excluding hydrogens is 303 g/mol. The molecule has 1 unspecified atom stereocenters. The Hall–Kier alpha value is -0.610. The summed E-state index contributed by atoms with van der Waals surface area (Å²) in [7, 11) is -1.03. The Labute approximate surface area is 134 Å². The molecule has 1 atom stereocenters. The van der Waals surface area contributed by atoms with Gasteiger partial charge in [0, 0.05) is 5.41 Å². The Morgan fingerprint density at radius 3 is 2.23 bits per heavy atom. The molecule has 0 rings (SSSR count). The standard InChI is InChI=1S/C16H29O5P/c1-5-7-22(15(20)14(19)9-13(2)3)8-6-21-12-16(4,10-17)11-18/h9,17-18H,5-8,10-12H2,1-4H3. The van der Waals surface area contributed by atoms with Gasteiger partial charge in [-0.15, -0.1) is 0 Å². The van der Waals surface area contributed by atoms with Crippen LogP contribution in [-0.2, 0) is 14.3 Å². The van der Waals surface area contributed by atoms with Gasteiger partial charge in [0.15, 0.2) is 0 Å². The van der Waals surface area contributed by atoms with Crippen molar-refractivity contribution < 1.29 is 24.5 Å². The quantitative estimate of drug-likeness (QED) is 0.247. The van der Waals surface area contributed by atoms with E-state index in [4.69, 9.17) is 4.74 Å². The van der Waals surface area contributed by atoms with Gasteiger partial charge in [-0.1, -0.05) is 25.8 Å². The van der Waals surface area contributed by atoms with Crippen LogP contribution >= 0.6 is 7.92 Å². The fourth-order valence-corrected chi connectivity index (χ4v) is 3.59. The normalized spacial score (nSPS) is 12.8. The summed E-state index contributed by atoms with van der Waals surface area (Å²) >= 11 is 0. The summed E-state index contributed by atoms with van der Waals surface area (Å²) in [4.78, 5) is 24.0. The molecule has 0 bridgehead atoms. The molecule has 22 heavy (non-hydrogen) atoms. The number of carbonyl (C=O) groups is 2. The van der Waals surface area contributed by atoms with E-state index in [1.165, 1.54) is 6.08 Å². The third-order valence-electron chi connectivity index (χ3n) is 3.13. The molecule has 128 valence electrons. The minimum absolute atomic E-state index is 0.161. The molecule has 0 heterocycles. The molecule has 0 spiro atoms. The fraction of sp³-hybridized carbons (Fsp3) is 0.750. The zero-order chi connectivity index (χ0) is 17.2. The van der Waals surface area contributed by atoms with Gasteiger partial charge in [-0.25, -0.2) is 0 Å². The smallest absolute Gasteiger partial charge is 0.225 e. The maximum absolute atomic E-state index is 12.2. The van der Waals surface area contributed by atoms with Gasteiger partial charge in [0.05, 0.1) is 26.4 Å². The van der Waals surface area contributed by atoms with Crippen molar-refractivity contribution in [1.82, 2.24) is 0 Å². The first kappa shape index (κ1) is 21.4. The molecule has 0 aromatic rings. The SMILES string of the molecule is CCCP(CCOCC(C)(CO)CO)C(=O)C(=O)C=C(C)C. The third kappa shape index (κ3) is 8.14. The Kier molecular flexibility index (Phi) is 10.7. The van der Waals surface area contributed by atoms with Gasteiger partial charge >= 0.3 is 0 Å². The van der Waals surface area contributed by atoms with Crippen molar-refractivity contribution in [2.45, 2.75) is 34.1 Å². The van der Waals surface area contributed by atoms with Gasteiger partial charge in [0.2, 0.25) is 11.3 Å². The number of rotatable bonds is 12. The van der Waals surface area contributed by atoms with Gasteiger partial charge in [-0.05, 0) is 40.2 Å². The topological polar surface area (TPSA) is 83.8 Å². The van der Waals surface area contributed by atoms with E-state index >= 15 is 0 Å². The van der Waals surface area contributed by atoms with Crippen molar-refractivity contribution in [3.8, 4) is 0 Å². The van der Waals surface area contributed by atoms with Gasteiger partial charge in [0.25, 0.3) is 0 Å². The van der Waals surface area contributed by atoms with Gasteiger partial charge in [-0.3, -0.25) is 9.59 Å². The second-order valence-electron chi connectivity index (χ2n) is 6.06. The van der Waals surface area contributed by atoms with E-state index in [0.717, 1.165) is 18.2 Å². The van der Waals surface area contributed by atoms with Crippen molar-refractivity contribution >= 4 is 19.2 Å². The second kappa shape index (κ2) is 11.0. The minimum Gasteiger partial charge on any atom is -0.396 e. The van der Waals surface area contributed by atoms with Gasteiger partial charge in [0.1, 0.15) is 0 Å². The van der Waals surface area contributed by atoms with E-state index in [9.17, 15) is 19.8 Å². The predicted octanol–water partition coefficient (Wildman–Crippen LogP) is 1.95. The molecule has 0 aliphatic rings. The molecule has 0 amide bonds. The zero-order valence-corrected chi connectivity index (χ0v) is 15.0. The summed E-state index contributed by atoms with van der Waals surface area (Å²) in [5.41, 5.74) is -0.147. The van der Waals surface area contributed by atoms with Crippen LogP contribution in [0, 0.1) is 5.41 Å². The maximum Gasteiger partial charge on any atom is 0.225 e. The lowest BCUT2D eigenvalue weighted by Crippen LogP contribution is -2.32. The van der Waals surface area contributed by atoms with Crippen molar-refractivity contribution in [3.05, 3.63) is 11.6 Å². The summed E-state index contributed by atoms with van der Waals surface area (Å²) in [5, 5.41) is 18.4. The van der Waals surface area contributed by atoms with E-state index in [-0.39, 0.29) is 25.3 Å². The van der Waals surface area contributed by atoms with Crippen LogP contribution < -0.4 is 0 Å². The van der Waals surface area contributed by atoms with Crippen LogP contribution in [-0.4, -0.2) is 60.3 Å². The number of hydrogen-bond acceptors (Lipinski definition) is 5. The monoisotopic (exact) mass is 332 g/mol. The summed E-state index contributed by atoms with van der Waals surface area (Å²) in [5.74, 6) is -0.421. The van der Waals surface area contributed by atoms with Crippen LogP contribution in [0.5, 0.6) is 0 Å². The highest BCUT2D eigenvalue weighted by Crippen LogP contribution is 2.37. The Balaban J connectivity index is 4.45. The molecular formula is C16H29O5P. The largest absolute Gasteiger partial charge is 0.396 e. The van der Waals surface area contributed by atoms with Crippen LogP contribution in [0.25, 0.3) is 0 Å². The van der Waals surface area contributed by atoms with Crippen molar-refractivity contribution in [2.24, 2.45) is 5.41 Å². The molecule has 2 N–H and O–H groups in total. The van der Waals surface area contributed by atoms with E-state index in [2.05, 4.69) is 0 Å². The Morgan fingerprint density at radius 1 is 1.18 bits per heavy atom. The molecule has 0 aliphatic carbocycles. The molecule has 5 nitrogen and oxygen atoms in total. The first-order valence-electron chi connectivity index (χ1n) is 7.57. The van der Waals surface area contributed by atoms with Crippen LogP contribution in [0.1, 0.15) is 34.1 Å². The van der Waals surface area contributed by atoms with E-state index in [0.29, 0.717) is 12.8 Å². The summed E-state index contributed by atoms with van der Waals surface area (Å²) in [6.45, 7) is 7.56. The Bertz CT molecular complexity index is 384. The lowest BCUT2D eigenvalue weighted by atomic mass is 9.95. The summed E-state index contributed by atoms with van der Waals surface area (Å²) in [6.07, 6.45) is 3.50. The zero-order valence-electron chi connectivity index (χ0n) is 14.1. The van der Waals surface area contributed by atoms with Gasteiger partial charge in [-0.2, -0.15) is 0 Å². The molecule has 0 saturated heterocycles. The van der Waals surface area contributed by atoms with E-state index in [1.54, 1.807) is 20.8 Å². The number of ketones is 1. The number of ether oxygens (including phenoxy) is 1. The molecule has 0 aromatic carbocycles.